The number of rotatable bonds is 4. The summed E-state index contributed by atoms with van der Waals surface area (Å²) < 4.78 is 1.79. The summed E-state index contributed by atoms with van der Waals surface area (Å²) in [6, 6.07) is 20.5. The first kappa shape index (κ1) is 15.6. The molecule has 1 aliphatic heterocycles. The number of nitrogens with zero attached hydrogens (tertiary/aromatic N) is 3. The highest BCUT2D eigenvalue weighted by Crippen LogP contribution is 2.31. The summed E-state index contributed by atoms with van der Waals surface area (Å²) in [6.45, 7) is 3.65. The van der Waals surface area contributed by atoms with E-state index >= 15 is 0 Å². The fourth-order valence-electron chi connectivity index (χ4n) is 3.50. The van der Waals surface area contributed by atoms with Crippen LogP contribution in [0.2, 0.25) is 0 Å². The van der Waals surface area contributed by atoms with Crippen LogP contribution >= 0.6 is 0 Å². The molecule has 25 heavy (non-hydrogen) atoms. The van der Waals surface area contributed by atoms with Crippen LogP contribution in [-0.2, 0) is 13.0 Å². The average Bonchev–Trinajstić information content (AvgIpc) is 2.66. The topological polar surface area (TPSA) is 38.1 Å². The minimum atomic E-state index is -0.168. The molecule has 3 aromatic rings. The second kappa shape index (κ2) is 6.55. The number of para-hydroxylation sites is 1. The van der Waals surface area contributed by atoms with Gasteiger partial charge in [0.05, 0.1) is 5.69 Å². The Bertz CT molecular complexity index is 947. The van der Waals surface area contributed by atoms with Crippen LogP contribution in [0.3, 0.4) is 0 Å². The Kier molecular flexibility index (Phi) is 4.10. The standard InChI is InChI=1S/C21H21N3O/c1-2-13-23(17-9-4-3-5-10-17)20-15-19-18-11-7-6-8-16(18)12-14-24(19)21(25)22-20/h3-11,15H,2,12-14H2,1H3. The molecule has 0 spiro atoms. The van der Waals surface area contributed by atoms with Crippen LogP contribution in [0, 0.1) is 0 Å². The number of hydrogen-bond acceptors (Lipinski definition) is 3. The Morgan fingerprint density at radius 3 is 2.64 bits per heavy atom. The van der Waals surface area contributed by atoms with Crippen LogP contribution in [0.1, 0.15) is 18.9 Å². The summed E-state index contributed by atoms with van der Waals surface area (Å²) in [5.41, 5.74) is 4.29. The van der Waals surface area contributed by atoms with E-state index in [9.17, 15) is 4.79 Å². The van der Waals surface area contributed by atoms with Crippen molar-refractivity contribution in [3.05, 3.63) is 76.7 Å². The van der Waals surface area contributed by atoms with E-state index < -0.39 is 0 Å². The molecule has 0 radical (unpaired) electrons. The fraction of sp³-hybridized carbons (Fsp3) is 0.238. The number of fused-ring (bicyclic) bond motifs is 3. The summed E-state index contributed by atoms with van der Waals surface area (Å²) in [4.78, 5) is 19.2. The van der Waals surface area contributed by atoms with Gasteiger partial charge in [0, 0.05) is 30.4 Å². The minimum Gasteiger partial charge on any atom is -0.326 e. The first-order valence-corrected chi connectivity index (χ1v) is 8.80. The van der Waals surface area contributed by atoms with Gasteiger partial charge in [-0.05, 0) is 30.5 Å². The molecule has 0 saturated heterocycles. The lowest BCUT2D eigenvalue weighted by atomic mass is 9.98. The molecule has 1 aliphatic rings. The molecule has 0 atom stereocenters. The van der Waals surface area contributed by atoms with Crippen molar-refractivity contribution in [2.75, 3.05) is 11.4 Å². The van der Waals surface area contributed by atoms with Crippen LogP contribution in [0.5, 0.6) is 0 Å². The van der Waals surface area contributed by atoms with E-state index in [0.717, 1.165) is 42.1 Å². The normalized spacial score (nSPS) is 12.4. The molecule has 4 rings (SSSR count). The van der Waals surface area contributed by atoms with Gasteiger partial charge in [0.15, 0.2) is 0 Å². The first-order valence-electron chi connectivity index (χ1n) is 8.80. The minimum absolute atomic E-state index is 0.168. The molecule has 0 saturated carbocycles. The third kappa shape index (κ3) is 2.84. The molecule has 0 N–H and O–H groups in total. The van der Waals surface area contributed by atoms with E-state index in [4.69, 9.17) is 0 Å². The van der Waals surface area contributed by atoms with Crippen molar-refractivity contribution in [1.29, 1.82) is 0 Å². The van der Waals surface area contributed by atoms with E-state index in [1.807, 2.05) is 24.3 Å². The predicted octanol–water partition coefficient (Wildman–Crippen LogP) is 4.01. The van der Waals surface area contributed by atoms with Gasteiger partial charge in [0.25, 0.3) is 0 Å². The van der Waals surface area contributed by atoms with E-state index in [1.165, 1.54) is 5.56 Å². The van der Waals surface area contributed by atoms with Crippen LogP contribution in [0.4, 0.5) is 11.5 Å². The van der Waals surface area contributed by atoms with Gasteiger partial charge < -0.3 is 4.90 Å². The van der Waals surface area contributed by atoms with Gasteiger partial charge in [-0.25, -0.2) is 4.79 Å². The average molecular weight is 331 g/mol. The Labute approximate surface area is 147 Å². The van der Waals surface area contributed by atoms with Crippen molar-refractivity contribution < 1.29 is 0 Å². The van der Waals surface area contributed by atoms with Crippen molar-refractivity contribution in [2.24, 2.45) is 0 Å². The van der Waals surface area contributed by atoms with Crippen LogP contribution in [-0.4, -0.2) is 16.1 Å². The molecule has 4 heteroatoms. The van der Waals surface area contributed by atoms with Gasteiger partial charge in [0.1, 0.15) is 5.82 Å². The number of anilines is 2. The Morgan fingerprint density at radius 1 is 1.08 bits per heavy atom. The SMILES string of the molecule is CCCN(c1ccccc1)c1cc2n(c(=O)n1)CCc1ccccc1-2. The van der Waals surface area contributed by atoms with E-state index in [2.05, 4.69) is 53.2 Å². The van der Waals surface area contributed by atoms with Crippen molar-refractivity contribution >= 4 is 11.5 Å². The van der Waals surface area contributed by atoms with Gasteiger partial charge in [-0.1, -0.05) is 49.4 Å². The van der Waals surface area contributed by atoms with Gasteiger partial charge in [-0.2, -0.15) is 4.98 Å². The van der Waals surface area contributed by atoms with E-state index in [1.54, 1.807) is 4.57 Å². The summed E-state index contributed by atoms with van der Waals surface area (Å²) in [7, 11) is 0. The van der Waals surface area contributed by atoms with E-state index in [-0.39, 0.29) is 5.69 Å². The van der Waals surface area contributed by atoms with Crippen LogP contribution in [0.15, 0.2) is 65.5 Å². The monoisotopic (exact) mass is 331 g/mol. The van der Waals surface area contributed by atoms with Crippen LogP contribution in [0.25, 0.3) is 11.3 Å². The zero-order valence-corrected chi connectivity index (χ0v) is 14.4. The van der Waals surface area contributed by atoms with Crippen molar-refractivity contribution in [3.63, 3.8) is 0 Å². The lowest BCUT2D eigenvalue weighted by molar-refractivity contribution is 0.638. The van der Waals surface area contributed by atoms with Crippen molar-refractivity contribution in [1.82, 2.24) is 9.55 Å². The maximum Gasteiger partial charge on any atom is 0.350 e. The van der Waals surface area contributed by atoms with Gasteiger partial charge in [-0.3, -0.25) is 4.57 Å². The van der Waals surface area contributed by atoms with Crippen molar-refractivity contribution in [3.8, 4) is 11.3 Å². The third-order valence-corrected chi connectivity index (χ3v) is 4.69. The molecular weight excluding hydrogens is 310 g/mol. The molecule has 0 bridgehead atoms. The first-order chi connectivity index (χ1) is 12.3. The van der Waals surface area contributed by atoms with Gasteiger partial charge in [0.2, 0.25) is 0 Å². The lowest BCUT2D eigenvalue weighted by Gasteiger charge is -2.26. The smallest absolute Gasteiger partial charge is 0.326 e. The molecule has 0 fully saturated rings. The maximum absolute atomic E-state index is 12.7. The number of aromatic nitrogens is 2. The highest BCUT2D eigenvalue weighted by molar-refractivity contribution is 5.70. The van der Waals surface area contributed by atoms with Gasteiger partial charge in [-0.15, -0.1) is 0 Å². The Hall–Kier alpha value is -2.88. The largest absolute Gasteiger partial charge is 0.350 e. The third-order valence-electron chi connectivity index (χ3n) is 4.69. The molecule has 1 aromatic heterocycles. The molecule has 0 amide bonds. The predicted molar refractivity (Wildman–Crippen MR) is 101 cm³/mol. The highest BCUT2D eigenvalue weighted by atomic mass is 16.1. The van der Waals surface area contributed by atoms with Crippen LogP contribution < -0.4 is 10.6 Å². The quantitative estimate of drug-likeness (QED) is 0.725. The summed E-state index contributed by atoms with van der Waals surface area (Å²) >= 11 is 0. The second-order valence-corrected chi connectivity index (χ2v) is 6.33. The molecule has 0 aliphatic carbocycles. The zero-order valence-electron chi connectivity index (χ0n) is 14.4. The highest BCUT2D eigenvalue weighted by Gasteiger charge is 2.20. The fourth-order valence-corrected chi connectivity index (χ4v) is 3.50. The number of hydrogen-bond donors (Lipinski definition) is 0. The molecular formula is C21H21N3O. The van der Waals surface area contributed by atoms with Crippen molar-refractivity contribution in [2.45, 2.75) is 26.3 Å². The Morgan fingerprint density at radius 2 is 1.84 bits per heavy atom. The number of benzene rings is 2. The number of aryl methyl sites for hydroxylation is 1. The summed E-state index contributed by atoms with van der Waals surface area (Å²) in [5, 5.41) is 0. The maximum atomic E-state index is 12.7. The summed E-state index contributed by atoms with van der Waals surface area (Å²) in [5.74, 6) is 0.723. The van der Waals surface area contributed by atoms with E-state index in [0.29, 0.717) is 6.54 Å². The molecule has 4 nitrogen and oxygen atoms in total. The lowest BCUT2D eigenvalue weighted by Crippen LogP contribution is -2.31. The molecule has 126 valence electrons. The Balaban J connectivity index is 1.87. The second-order valence-electron chi connectivity index (χ2n) is 6.33. The summed E-state index contributed by atoms with van der Waals surface area (Å²) in [6.07, 6.45) is 1.85. The zero-order chi connectivity index (χ0) is 17.2. The van der Waals surface area contributed by atoms with Gasteiger partial charge >= 0.3 is 5.69 Å². The molecule has 2 aromatic carbocycles. The molecule has 2 heterocycles. The molecule has 0 unspecified atom stereocenters.